The fourth-order valence-corrected chi connectivity index (χ4v) is 4.31. The lowest BCUT2D eigenvalue weighted by atomic mass is 10.2. The molecule has 0 amide bonds. The fraction of sp³-hybridized carbons (Fsp3) is 0. The zero-order valence-corrected chi connectivity index (χ0v) is 11.9. The third kappa shape index (κ3) is 2.40. The van der Waals surface area contributed by atoms with E-state index in [1.807, 2.05) is 12.1 Å². The Morgan fingerprint density at radius 3 is 1.83 bits per heavy atom. The Balaban J connectivity index is 3.38. The van der Waals surface area contributed by atoms with Crippen molar-refractivity contribution in [3.8, 4) is 0 Å². The van der Waals surface area contributed by atoms with Crippen molar-refractivity contribution in [1.29, 1.82) is 0 Å². The Hall–Kier alpha value is 0.810. The molecule has 12 heavy (non-hydrogen) atoms. The van der Waals surface area contributed by atoms with E-state index in [0.717, 1.165) is 13.4 Å². The monoisotopic (exact) mass is 418 g/mol. The Labute approximate surface area is 103 Å². The van der Waals surface area contributed by atoms with Crippen LogP contribution in [0.4, 0.5) is 0 Å². The molecule has 0 aliphatic carbocycles. The summed E-state index contributed by atoms with van der Waals surface area (Å²) in [6.07, 6.45) is 0. The molecule has 0 unspecified atom stereocenters. The smallest absolute Gasteiger partial charge is 0.230 e. The van der Waals surface area contributed by atoms with Crippen LogP contribution in [-0.2, 0) is 0 Å². The van der Waals surface area contributed by atoms with Crippen LogP contribution in [0, 0.1) is 0 Å². The minimum Gasteiger partial charge on any atom is -0.281 e. The van der Waals surface area contributed by atoms with E-state index in [1.54, 1.807) is 0 Å². The molecule has 0 saturated heterocycles. The number of hydrogen-bond donors (Lipinski definition) is 0. The van der Waals surface area contributed by atoms with Crippen molar-refractivity contribution < 1.29 is 4.79 Å². The molecule has 0 saturated carbocycles. The molecule has 0 heterocycles. The van der Waals surface area contributed by atoms with Crippen LogP contribution < -0.4 is 0 Å². The number of benzene rings is 1. The lowest BCUT2D eigenvalue weighted by Crippen LogP contribution is -1.91. The lowest BCUT2D eigenvalue weighted by molar-refractivity contribution is 0.109. The van der Waals surface area contributed by atoms with Crippen LogP contribution in [0.1, 0.15) is 10.4 Å². The molecule has 5 heteroatoms. The Kier molecular flexibility index (Phi) is 3.95. The van der Waals surface area contributed by atoms with Gasteiger partial charge in [0.2, 0.25) is 4.69 Å². The van der Waals surface area contributed by atoms with Gasteiger partial charge in [0, 0.05) is 13.4 Å². The van der Waals surface area contributed by atoms with Gasteiger partial charge < -0.3 is 0 Å². The van der Waals surface area contributed by atoms with E-state index < -0.39 is 0 Å². The summed E-state index contributed by atoms with van der Waals surface area (Å²) in [5.41, 5.74) is 0.596. The van der Waals surface area contributed by atoms with Gasteiger partial charge >= 0.3 is 0 Å². The normalized spacial score (nSPS) is 10.0. The topological polar surface area (TPSA) is 17.1 Å². The van der Waals surface area contributed by atoms with Crippen molar-refractivity contribution in [2.24, 2.45) is 0 Å². The van der Waals surface area contributed by atoms with Crippen molar-refractivity contribution in [3.05, 3.63) is 31.1 Å². The molecule has 0 radical (unpaired) electrons. The Morgan fingerprint density at radius 1 is 1.08 bits per heavy atom. The van der Waals surface area contributed by atoms with Gasteiger partial charge in [0.1, 0.15) is 0 Å². The second-order valence-electron chi connectivity index (χ2n) is 2.02. The van der Waals surface area contributed by atoms with Crippen molar-refractivity contribution >= 4 is 68.4 Å². The molecule has 0 spiro atoms. The van der Waals surface area contributed by atoms with Gasteiger partial charge in [-0.2, -0.15) is 0 Å². The Bertz CT molecular complexity index is 311. The lowest BCUT2D eigenvalue weighted by Gasteiger charge is -2.02. The predicted octanol–water partition coefficient (Wildman–Crippen LogP) is 4.51. The fourth-order valence-electron chi connectivity index (χ4n) is 0.730. The van der Waals surface area contributed by atoms with Gasteiger partial charge in [-0.1, -0.05) is 15.9 Å². The highest BCUT2D eigenvalue weighted by Crippen LogP contribution is 2.31. The summed E-state index contributed by atoms with van der Waals surface area (Å²) in [4.78, 5) is 11.0. The van der Waals surface area contributed by atoms with E-state index in [0.29, 0.717) is 5.56 Å². The molecular weight excluding hydrogens is 420 g/mol. The van der Waals surface area contributed by atoms with Crippen molar-refractivity contribution in [3.63, 3.8) is 0 Å². The van der Waals surface area contributed by atoms with E-state index >= 15 is 0 Å². The first-order valence-electron chi connectivity index (χ1n) is 2.86. The van der Waals surface area contributed by atoms with Gasteiger partial charge in [0.25, 0.3) is 0 Å². The molecule has 0 aromatic heterocycles. The standard InChI is InChI=1S/C7H2Br4O/c8-3-1-4(9)6(7(11)12)5(10)2-3/h1-2H. The molecule has 0 atom stereocenters. The van der Waals surface area contributed by atoms with E-state index in [4.69, 9.17) is 0 Å². The summed E-state index contributed by atoms with van der Waals surface area (Å²) < 4.78 is 2.28. The summed E-state index contributed by atoms with van der Waals surface area (Å²) in [6, 6.07) is 3.64. The molecule has 0 aliphatic heterocycles. The van der Waals surface area contributed by atoms with Crippen LogP contribution in [0.2, 0.25) is 0 Å². The maximum absolute atomic E-state index is 11.0. The molecule has 0 bridgehead atoms. The number of carbonyl (C=O) groups excluding carboxylic acids is 1. The number of carbonyl (C=O) groups is 1. The maximum atomic E-state index is 11.0. The van der Waals surface area contributed by atoms with Crippen LogP contribution in [0.15, 0.2) is 25.6 Å². The van der Waals surface area contributed by atoms with Crippen molar-refractivity contribution in [2.75, 3.05) is 0 Å². The van der Waals surface area contributed by atoms with E-state index in [2.05, 4.69) is 63.7 Å². The van der Waals surface area contributed by atoms with Crippen LogP contribution >= 0.6 is 63.7 Å². The largest absolute Gasteiger partial charge is 0.281 e. The molecular formula is C7H2Br4O. The quantitative estimate of drug-likeness (QED) is 0.610. The average Bonchev–Trinajstić information content (AvgIpc) is 1.82. The average molecular weight is 422 g/mol. The first kappa shape index (κ1) is 10.9. The third-order valence-corrected chi connectivity index (χ3v) is 3.31. The van der Waals surface area contributed by atoms with Crippen LogP contribution in [-0.4, -0.2) is 4.69 Å². The molecule has 1 nitrogen and oxygen atoms in total. The molecule has 0 N–H and O–H groups in total. The summed E-state index contributed by atoms with van der Waals surface area (Å²) in [6.45, 7) is 0. The highest BCUT2D eigenvalue weighted by molar-refractivity contribution is 9.18. The summed E-state index contributed by atoms with van der Waals surface area (Å²) in [7, 11) is 0. The minimum absolute atomic E-state index is 0.145. The zero-order valence-electron chi connectivity index (χ0n) is 5.57. The number of halogens is 4. The van der Waals surface area contributed by atoms with Gasteiger partial charge in [-0.25, -0.2) is 0 Å². The van der Waals surface area contributed by atoms with Crippen LogP contribution in [0.25, 0.3) is 0 Å². The predicted molar refractivity (Wildman–Crippen MR) is 62.8 cm³/mol. The Morgan fingerprint density at radius 2 is 1.50 bits per heavy atom. The molecule has 1 aromatic rings. The van der Waals surface area contributed by atoms with Crippen molar-refractivity contribution in [2.45, 2.75) is 0 Å². The second-order valence-corrected chi connectivity index (χ2v) is 5.36. The van der Waals surface area contributed by atoms with Crippen LogP contribution in [0.3, 0.4) is 0 Å². The number of hydrogen-bond acceptors (Lipinski definition) is 1. The minimum atomic E-state index is -0.145. The zero-order chi connectivity index (χ0) is 9.30. The van der Waals surface area contributed by atoms with Crippen LogP contribution in [0.5, 0.6) is 0 Å². The van der Waals surface area contributed by atoms with Gasteiger partial charge in [0.05, 0.1) is 5.56 Å². The highest BCUT2D eigenvalue weighted by Gasteiger charge is 2.11. The number of rotatable bonds is 1. The summed E-state index contributed by atoms with van der Waals surface area (Å²) in [5.74, 6) is 0. The molecule has 0 aliphatic rings. The summed E-state index contributed by atoms with van der Waals surface area (Å²) in [5, 5.41) is 0. The van der Waals surface area contributed by atoms with E-state index in [-0.39, 0.29) is 4.69 Å². The highest BCUT2D eigenvalue weighted by atomic mass is 79.9. The third-order valence-electron chi connectivity index (χ3n) is 1.20. The van der Waals surface area contributed by atoms with Gasteiger partial charge in [0.15, 0.2) is 0 Å². The first-order chi connectivity index (χ1) is 5.52. The molecule has 64 valence electrons. The molecule has 1 rings (SSSR count). The van der Waals surface area contributed by atoms with E-state index in [1.165, 1.54) is 0 Å². The second kappa shape index (κ2) is 4.35. The summed E-state index contributed by atoms with van der Waals surface area (Å²) >= 11 is 12.8. The molecule has 1 aromatic carbocycles. The van der Waals surface area contributed by atoms with Gasteiger partial charge in [-0.15, -0.1) is 0 Å². The SMILES string of the molecule is O=C(Br)c1c(Br)cc(Br)cc1Br. The van der Waals surface area contributed by atoms with Crippen molar-refractivity contribution in [1.82, 2.24) is 0 Å². The maximum Gasteiger partial charge on any atom is 0.230 e. The van der Waals surface area contributed by atoms with Gasteiger partial charge in [-0.05, 0) is 59.9 Å². The molecule has 0 fully saturated rings. The van der Waals surface area contributed by atoms with Gasteiger partial charge in [-0.3, -0.25) is 4.79 Å². The first-order valence-corrected chi connectivity index (χ1v) is 6.04. The van der Waals surface area contributed by atoms with E-state index in [9.17, 15) is 4.79 Å².